The molecule has 1 atom stereocenters. The maximum absolute atomic E-state index is 11.2. The zero-order valence-corrected chi connectivity index (χ0v) is 12.7. The molecule has 1 aliphatic carbocycles. The molecule has 1 aliphatic rings. The van der Waals surface area contributed by atoms with Crippen molar-refractivity contribution in [2.24, 2.45) is 11.7 Å². The van der Waals surface area contributed by atoms with Gasteiger partial charge in [0.2, 0.25) is 0 Å². The van der Waals surface area contributed by atoms with Gasteiger partial charge in [0, 0.05) is 6.42 Å². The van der Waals surface area contributed by atoms with Crippen molar-refractivity contribution in [3.8, 4) is 0 Å². The summed E-state index contributed by atoms with van der Waals surface area (Å²) in [5.41, 5.74) is 6.05. The number of hydrogen-bond donors (Lipinski definition) is 3. The largest absolute Gasteiger partial charge is 0.481 e. The number of rotatable bonds is 7. The average molecular weight is 323 g/mol. The fourth-order valence-electron chi connectivity index (χ4n) is 1.57. The van der Waals surface area contributed by atoms with E-state index in [1.807, 2.05) is 30.3 Å². The second kappa shape index (κ2) is 9.58. The maximum Gasteiger partial charge on any atom is 0.320 e. The van der Waals surface area contributed by atoms with Gasteiger partial charge in [-0.15, -0.1) is 0 Å². The summed E-state index contributed by atoms with van der Waals surface area (Å²) in [4.78, 5) is 31.0. The Morgan fingerprint density at radius 2 is 1.78 bits per heavy atom. The van der Waals surface area contributed by atoms with E-state index in [4.69, 9.17) is 20.7 Å². The van der Waals surface area contributed by atoms with E-state index in [1.54, 1.807) is 0 Å². The first-order chi connectivity index (χ1) is 10.9. The Balaban J connectivity index is 0.000000241. The van der Waals surface area contributed by atoms with Gasteiger partial charge in [0.1, 0.15) is 12.6 Å². The topological polar surface area (TPSA) is 127 Å². The number of esters is 1. The lowest BCUT2D eigenvalue weighted by atomic mass is 10.2. The molecule has 4 N–H and O–H groups in total. The van der Waals surface area contributed by atoms with Crippen molar-refractivity contribution in [3.05, 3.63) is 35.9 Å². The molecule has 0 aromatic heterocycles. The zero-order chi connectivity index (χ0) is 17.2. The Kier molecular flexibility index (Phi) is 7.76. The number of ether oxygens (including phenoxy) is 1. The van der Waals surface area contributed by atoms with Crippen molar-refractivity contribution in [1.82, 2.24) is 0 Å². The number of carbonyl (C=O) groups is 3. The van der Waals surface area contributed by atoms with Crippen LogP contribution in [0, 0.1) is 5.92 Å². The van der Waals surface area contributed by atoms with E-state index in [2.05, 4.69) is 0 Å². The summed E-state index contributed by atoms with van der Waals surface area (Å²) in [5.74, 6) is -2.04. The average Bonchev–Trinajstić information content (AvgIpc) is 3.36. The first kappa shape index (κ1) is 18.6. The molecule has 1 saturated carbocycles. The second-order valence-corrected chi connectivity index (χ2v) is 5.24. The minimum absolute atomic E-state index is 0.0231. The lowest BCUT2D eigenvalue weighted by Gasteiger charge is -2.02. The van der Waals surface area contributed by atoms with Crippen LogP contribution in [0.25, 0.3) is 0 Å². The van der Waals surface area contributed by atoms with Crippen molar-refractivity contribution >= 4 is 17.9 Å². The Labute approximate surface area is 134 Å². The van der Waals surface area contributed by atoms with Gasteiger partial charge in [0.15, 0.2) is 0 Å². The standard InChI is InChI=1S/C11H12O2.C5H9NO4/c12-11(10-6-7-10)13-8-9-4-2-1-3-5-9;6-3(5(9)10)1-2-4(7)8/h1-5,10H,6-8H2;3H,1-2,6H2,(H,7,8)(H,9,10)/t;3-/m.0/s1. The fraction of sp³-hybridized carbons (Fsp3) is 0.438. The van der Waals surface area contributed by atoms with Gasteiger partial charge in [-0.05, 0) is 24.8 Å². The molecule has 0 radical (unpaired) electrons. The van der Waals surface area contributed by atoms with E-state index in [-0.39, 0.29) is 24.7 Å². The normalized spacial score (nSPS) is 14.1. The SMILES string of the molecule is N[C@@H](CCC(=O)O)C(=O)O.O=C(OCc1ccccc1)C1CC1. The van der Waals surface area contributed by atoms with Crippen LogP contribution in [0.2, 0.25) is 0 Å². The smallest absolute Gasteiger partial charge is 0.320 e. The molecule has 1 aromatic rings. The number of hydrogen-bond acceptors (Lipinski definition) is 5. The molecule has 0 spiro atoms. The molecular formula is C16H21NO6. The Bertz CT molecular complexity index is 527. The van der Waals surface area contributed by atoms with Gasteiger partial charge in [-0.25, -0.2) is 0 Å². The number of benzene rings is 1. The molecule has 0 heterocycles. The van der Waals surface area contributed by atoms with Gasteiger partial charge < -0.3 is 20.7 Å². The van der Waals surface area contributed by atoms with Crippen molar-refractivity contribution in [2.45, 2.75) is 38.3 Å². The van der Waals surface area contributed by atoms with E-state index in [0.717, 1.165) is 18.4 Å². The zero-order valence-electron chi connectivity index (χ0n) is 12.7. The van der Waals surface area contributed by atoms with E-state index in [0.29, 0.717) is 6.61 Å². The molecule has 0 bridgehead atoms. The van der Waals surface area contributed by atoms with E-state index >= 15 is 0 Å². The van der Waals surface area contributed by atoms with Crippen LogP contribution in [0.4, 0.5) is 0 Å². The Morgan fingerprint density at radius 3 is 2.26 bits per heavy atom. The van der Waals surface area contributed by atoms with Gasteiger partial charge in [-0.2, -0.15) is 0 Å². The molecule has 7 heteroatoms. The van der Waals surface area contributed by atoms with Crippen molar-refractivity contribution < 1.29 is 29.3 Å². The number of carbonyl (C=O) groups excluding carboxylic acids is 1. The lowest BCUT2D eigenvalue weighted by Crippen LogP contribution is -2.30. The Morgan fingerprint density at radius 1 is 1.17 bits per heavy atom. The van der Waals surface area contributed by atoms with Crippen LogP contribution in [0.3, 0.4) is 0 Å². The summed E-state index contributed by atoms with van der Waals surface area (Å²) in [6.07, 6.45) is 1.79. The second-order valence-electron chi connectivity index (χ2n) is 5.24. The molecule has 0 unspecified atom stereocenters. The summed E-state index contributed by atoms with van der Waals surface area (Å²) >= 11 is 0. The van der Waals surface area contributed by atoms with Gasteiger partial charge >= 0.3 is 17.9 Å². The van der Waals surface area contributed by atoms with Gasteiger partial charge in [-0.3, -0.25) is 14.4 Å². The molecule has 2 rings (SSSR count). The molecule has 1 fully saturated rings. The fourth-order valence-corrected chi connectivity index (χ4v) is 1.57. The van der Waals surface area contributed by atoms with E-state index in [9.17, 15) is 14.4 Å². The third-order valence-electron chi connectivity index (χ3n) is 3.12. The van der Waals surface area contributed by atoms with Gasteiger partial charge in [0.05, 0.1) is 5.92 Å². The number of nitrogens with two attached hydrogens (primary N) is 1. The highest BCUT2D eigenvalue weighted by Gasteiger charge is 2.31. The molecule has 23 heavy (non-hydrogen) atoms. The third-order valence-corrected chi connectivity index (χ3v) is 3.12. The van der Waals surface area contributed by atoms with Crippen molar-refractivity contribution in [2.75, 3.05) is 0 Å². The number of carboxylic acid groups (broad SMARTS) is 2. The predicted octanol–water partition coefficient (Wildman–Crippen LogP) is 1.40. The van der Waals surface area contributed by atoms with Crippen LogP contribution in [-0.2, 0) is 25.7 Å². The number of aliphatic carboxylic acids is 2. The van der Waals surface area contributed by atoms with Crippen LogP contribution in [-0.4, -0.2) is 34.2 Å². The van der Waals surface area contributed by atoms with Gasteiger partial charge in [0.25, 0.3) is 0 Å². The van der Waals surface area contributed by atoms with Crippen LogP contribution >= 0.6 is 0 Å². The summed E-state index contributed by atoms with van der Waals surface area (Å²) in [6, 6.07) is 8.70. The monoisotopic (exact) mass is 323 g/mol. The lowest BCUT2D eigenvalue weighted by molar-refractivity contribution is -0.146. The van der Waals surface area contributed by atoms with Crippen LogP contribution < -0.4 is 5.73 Å². The van der Waals surface area contributed by atoms with Crippen LogP contribution in [0.5, 0.6) is 0 Å². The minimum Gasteiger partial charge on any atom is -0.481 e. The van der Waals surface area contributed by atoms with Crippen molar-refractivity contribution in [1.29, 1.82) is 0 Å². The van der Waals surface area contributed by atoms with Crippen LogP contribution in [0.1, 0.15) is 31.2 Å². The first-order valence-corrected chi connectivity index (χ1v) is 7.31. The van der Waals surface area contributed by atoms with Crippen LogP contribution in [0.15, 0.2) is 30.3 Å². The molecule has 0 amide bonds. The van der Waals surface area contributed by atoms with E-state index < -0.39 is 18.0 Å². The molecule has 0 saturated heterocycles. The molecule has 0 aliphatic heterocycles. The highest BCUT2D eigenvalue weighted by atomic mass is 16.5. The summed E-state index contributed by atoms with van der Waals surface area (Å²) in [6.45, 7) is 0.413. The summed E-state index contributed by atoms with van der Waals surface area (Å²) in [7, 11) is 0. The number of carboxylic acids is 2. The highest BCUT2D eigenvalue weighted by molar-refractivity contribution is 5.75. The predicted molar refractivity (Wildman–Crippen MR) is 81.4 cm³/mol. The van der Waals surface area contributed by atoms with Crippen molar-refractivity contribution in [3.63, 3.8) is 0 Å². The highest BCUT2D eigenvalue weighted by Crippen LogP contribution is 2.30. The van der Waals surface area contributed by atoms with E-state index in [1.165, 1.54) is 0 Å². The maximum atomic E-state index is 11.2. The third kappa shape index (κ3) is 8.57. The summed E-state index contributed by atoms with van der Waals surface area (Å²) in [5, 5.41) is 16.3. The molecule has 126 valence electrons. The Hall–Kier alpha value is -2.41. The van der Waals surface area contributed by atoms with Gasteiger partial charge in [-0.1, -0.05) is 30.3 Å². The molecular weight excluding hydrogens is 302 g/mol. The minimum atomic E-state index is -1.17. The molecule has 7 nitrogen and oxygen atoms in total. The molecule has 1 aromatic carbocycles. The summed E-state index contributed by atoms with van der Waals surface area (Å²) < 4.78 is 5.11. The first-order valence-electron chi connectivity index (χ1n) is 7.31. The quantitative estimate of drug-likeness (QED) is 0.647.